The van der Waals surface area contributed by atoms with Gasteiger partial charge in [-0.1, -0.05) is 29.8 Å². The number of amides is 2. The van der Waals surface area contributed by atoms with E-state index >= 15 is 0 Å². The summed E-state index contributed by atoms with van der Waals surface area (Å²) in [6.45, 7) is 4.56. The predicted molar refractivity (Wildman–Crippen MR) is 86.3 cm³/mol. The van der Waals surface area contributed by atoms with Gasteiger partial charge in [0, 0.05) is 13.5 Å². The molecule has 0 saturated carbocycles. The van der Waals surface area contributed by atoms with Gasteiger partial charge in [0.15, 0.2) is 0 Å². The number of nitrogens with two attached hydrogens (primary N) is 1. The second kappa shape index (κ2) is 10.2. The molecule has 1 unspecified atom stereocenters. The minimum Gasteiger partial charge on any atom is -0.356 e. The number of halogens is 1. The van der Waals surface area contributed by atoms with Crippen LogP contribution >= 0.6 is 12.4 Å². The maximum Gasteiger partial charge on any atom is 0.222 e. The molecule has 0 bridgehead atoms. The van der Waals surface area contributed by atoms with Crippen molar-refractivity contribution in [3.05, 3.63) is 35.4 Å². The fraction of sp³-hybridized carbons (Fsp3) is 0.467. The third-order valence-electron chi connectivity index (χ3n) is 2.95. The third kappa shape index (κ3) is 7.68. The monoisotopic (exact) mass is 313 g/mol. The molecule has 0 radical (unpaired) electrons. The smallest absolute Gasteiger partial charge is 0.222 e. The van der Waals surface area contributed by atoms with Crippen LogP contribution in [0.5, 0.6) is 0 Å². The number of benzene rings is 1. The van der Waals surface area contributed by atoms with Gasteiger partial charge >= 0.3 is 0 Å². The molecule has 0 aliphatic carbocycles. The zero-order valence-electron chi connectivity index (χ0n) is 12.5. The van der Waals surface area contributed by atoms with Crippen LogP contribution in [0.2, 0.25) is 0 Å². The maximum absolute atomic E-state index is 11.8. The highest BCUT2D eigenvalue weighted by molar-refractivity contribution is 5.85. The van der Waals surface area contributed by atoms with E-state index in [0.29, 0.717) is 13.1 Å². The summed E-state index contributed by atoms with van der Waals surface area (Å²) in [5, 5.41) is 5.61. The first kappa shape index (κ1) is 19.4. The lowest BCUT2D eigenvalue weighted by molar-refractivity contribution is -0.122. The highest BCUT2D eigenvalue weighted by Gasteiger charge is 2.16. The number of rotatable bonds is 7. The molecule has 4 N–H and O–H groups in total. The van der Waals surface area contributed by atoms with E-state index in [-0.39, 0.29) is 36.7 Å². The summed E-state index contributed by atoms with van der Waals surface area (Å²) in [6.07, 6.45) is 0.980. The molecule has 0 aliphatic heterocycles. The fourth-order valence-corrected chi connectivity index (χ4v) is 1.88. The van der Waals surface area contributed by atoms with Crippen LogP contribution in [0.3, 0.4) is 0 Å². The van der Waals surface area contributed by atoms with Gasteiger partial charge in [-0.05, 0) is 25.5 Å². The van der Waals surface area contributed by atoms with Crippen molar-refractivity contribution in [2.75, 3.05) is 13.1 Å². The Balaban J connectivity index is 0.00000400. The molecule has 21 heavy (non-hydrogen) atoms. The van der Waals surface area contributed by atoms with Crippen molar-refractivity contribution in [1.29, 1.82) is 0 Å². The molecule has 6 heteroatoms. The summed E-state index contributed by atoms with van der Waals surface area (Å²) < 4.78 is 0. The van der Waals surface area contributed by atoms with E-state index in [1.807, 2.05) is 31.2 Å². The molecule has 5 nitrogen and oxygen atoms in total. The molecule has 0 spiro atoms. The molecule has 0 heterocycles. The van der Waals surface area contributed by atoms with Gasteiger partial charge in [-0.2, -0.15) is 0 Å². The van der Waals surface area contributed by atoms with Crippen molar-refractivity contribution in [3.8, 4) is 0 Å². The van der Waals surface area contributed by atoms with Crippen LogP contribution in [0.4, 0.5) is 0 Å². The van der Waals surface area contributed by atoms with Crippen LogP contribution in [-0.2, 0) is 9.59 Å². The van der Waals surface area contributed by atoms with E-state index < -0.39 is 0 Å². The lowest BCUT2D eigenvalue weighted by atomic mass is 10.0. The van der Waals surface area contributed by atoms with E-state index in [9.17, 15) is 9.59 Å². The second-order valence-corrected chi connectivity index (χ2v) is 4.86. The Labute approximate surface area is 132 Å². The second-order valence-electron chi connectivity index (χ2n) is 4.86. The van der Waals surface area contributed by atoms with Gasteiger partial charge < -0.3 is 16.4 Å². The largest absolute Gasteiger partial charge is 0.356 e. The van der Waals surface area contributed by atoms with Gasteiger partial charge in [0.25, 0.3) is 0 Å². The predicted octanol–water partition coefficient (Wildman–Crippen LogP) is 1.45. The number of nitrogens with one attached hydrogen (secondary N) is 2. The zero-order valence-corrected chi connectivity index (χ0v) is 13.3. The van der Waals surface area contributed by atoms with Crippen molar-refractivity contribution >= 4 is 24.2 Å². The Kier molecular flexibility index (Phi) is 9.41. The van der Waals surface area contributed by atoms with E-state index in [0.717, 1.165) is 17.5 Å². The van der Waals surface area contributed by atoms with Crippen LogP contribution in [0, 0.1) is 6.92 Å². The quantitative estimate of drug-likeness (QED) is 0.666. The van der Waals surface area contributed by atoms with Crippen LogP contribution in [0.1, 0.15) is 36.9 Å². The molecule has 1 aromatic carbocycles. The van der Waals surface area contributed by atoms with Crippen molar-refractivity contribution < 1.29 is 9.59 Å². The molecular weight excluding hydrogens is 290 g/mol. The SMILES string of the molecule is CC(=O)NC(CC(=O)NCCCN)c1ccc(C)cc1.Cl. The molecule has 0 fully saturated rings. The van der Waals surface area contributed by atoms with Crippen LogP contribution in [0.15, 0.2) is 24.3 Å². The number of carbonyl (C=O) groups excluding carboxylic acids is 2. The summed E-state index contributed by atoms with van der Waals surface area (Å²) in [4.78, 5) is 23.1. The average molecular weight is 314 g/mol. The van der Waals surface area contributed by atoms with Gasteiger partial charge in [0.05, 0.1) is 12.5 Å². The molecule has 0 aliphatic rings. The maximum atomic E-state index is 11.8. The third-order valence-corrected chi connectivity index (χ3v) is 2.95. The van der Waals surface area contributed by atoms with Crippen LogP contribution < -0.4 is 16.4 Å². The van der Waals surface area contributed by atoms with Crippen LogP contribution in [0.25, 0.3) is 0 Å². The first-order valence-electron chi connectivity index (χ1n) is 6.83. The number of hydrogen-bond acceptors (Lipinski definition) is 3. The van der Waals surface area contributed by atoms with Crippen LogP contribution in [-0.4, -0.2) is 24.9 Å². The highest BCUT2D eigenvalue weighted by Crippen LogP contribution is 2.17. The van der Waals surface area contributed by atoms with E-state index in [2.05, 4.69) is 10.6 Å². The molecule has 118 valence electrons. The molecule has 2 amide bonds. The lowest BCUT2D eigenvalue weighted by Crippen LogP contribution is -2.33. The van der Waals surface area contributed by atoms with Gasteiger partial charge in [-0.25, -0.2) is 0 Å². The summed E-state index contributed by atoms with van der Waals surface area (Å²) in [7, 11) is 0. The van der Waals surface area contributed by atoms with Gasteiger partial charge in [-0.15, -0.1) is 12.4 Å². The Hall–Kier alpha value is -1.59. The highest BCUT2D eigenvalue weighted by atomic mass is 35.5. The topological polar surface area (TPSA) is 84.2 Å². The van der Waals surface area contributed by atoms with E-state index in [1.165, 1.54) is 6.92 Å². The van der Waals surface area contributed by atoms with Crippen molar-refractivity contribution in [2.24, 2.45) is 5.73 Å². The lowest BCUT2D eigenvalue weighted by Gasteiger charge is -2.18. The Morgan fingerprint density at radius 3 is 2.38 bits per heavy atom. The summed E-state index contributed by atoms with van der Waals surface area (Å²) >= 11 is 0. The standard InChI is InChI=1S/C15H23N3O2.ClH/c1-11-4-6-13(7-5-11)14(18-12(2)19)10-15(20)17-9-3-8-16;/h4-7,14H,3,8-10,16H2,1-2H3,(H,17,20)(H,18,19);1H. The normalized spacial score (nSPS) is 11.2. The molecule has 1 rings (SSSR count). The Morgan fingerprint density at radius 2 is 1.86 bits per heavy atom. The molecule has 1 aromatic rings. The van der Waals surface area contributed by atoms with Crippen molar-refractivity contribution in [1.82, 2.24) is 10.6 Å². The van der Waals surface area contributed by atoms with Crippen molar-refractivity contribution in [3.63, 3.8) is 0 Å². The fourth-order valence-electron chi connectivity index (χ4n) is 1.88. The van der Waals surface area contributed by atoms with E-state index in [4.69, 9.17) is 5.73 Å². The van der Waals surface area contributed by atoms with E-state index in [1.54, 1.807) is 0 Å². The first-order valence-corrected chi connectivity index (χ1v) is 6.83. The van der Waals surface area contributed by atoms with Gasteiger partial charge in [0.2, 0.25) is 11.8 Å². The van der Waals surface area contributed by atoms with Crippen molar-refractivity contribution in [2.45, 2.75) is 32.7 Å². The summed E-state index contributed by atoms with van der Waals surface area (Å²) in [6, 6.07) is 7.50. The minimum atomic E-state index is -0.300. The number of hydrogen-bond donors (Lipinski definition) is 3. The Bertz CT molecular complexity index is 449. The zero-order chi connectivity index (χ0) is 15.0. The Morgan fingerprint density at radius 1 is 1.24 bits per heavy atom. The molecule has 0 saturated heterocycles. The average Bonchev–Trinajstić information content (AvgIpc) is 2.38. The first-order chi connectivity index (χ1) is 9.52. The molecule has 0 aromatic heterocycles. The molecular formula is C15H24ClN3O2. The molecule has 1 atom stereocenters. The summed E-state index contributed by atoms with van der Waals surface area (Å²) in [5.74, 6) is -0.233. The summed E-state index contributed by atoms with van der Waals surface area (Å²) in [5.41, 5.74) is 7.45. The minimum absolute atomic E-state index is 0. The van der Waals surface area contributed by atoms with Gasteiger partial charge in [-0.3, -0.25) is 9.59 Å². The number of aryl methyl sites for hydroxylation is 1. The van der Waals surface area contributed by atoms with Gasteiger partial charge in [0.1, 0.15) is 0 Å². The number of carbonyl (C=O) groups is 2.